The third-order valence-corrected chi connectivity index (χ3v) is 5.85. The maximum atomic E-state index is 13.2. The summed E-state index contributed by atoms with van der Waals surface area (Å²) in [6.45, 7) is 10.8. The van der Waals surface area contributed by atoms with Gasteiger partial charge < -0.3 is 10.1 Å². The average molecular weight is 467 g/mol. The maximum absolute atomic E-state index is 13.2. The molecule has 5 aromatic rings. The number of hydrogen-bond acceptors (Lipinski definition) is 5. The number of imidazole rings is 1. The van der Waals surface area contributed by atoms with E-state index in [9.17, 15) is 4.79 Å². The molecule has 5 rings (SSSR count). The molecule has 1 aromatic carbocycles. The topological polar surface area (TPSA) is 86.3 Å². The molecule has 4 heterocycles. The van der Waals surface area contributed by atoms with Crippen molar-refractivity contribution in [2.24, 2.45) is 0 Å². The Balaban J connectivity index is 1.44. The Hall–Kier alpha value is -4.46. The lowest BCUT2D eigenvalue weighted by molar-refractivity contribution is 0.102. The summed E-state index contributed by atoms with van der Waals surface area (Å²) in [5, 5.41) is 8.68. The number of aryl methyl sites for hydroxylation is 2. The Bertz CT molecular complexity index is 1580. The van der Waals surface area contributed by atoms with Crippen molar-refractivity contribution in [1.82, 2.24) is 24.1 Å². The Kier molecular flexibility index (Phi) is 5.78. The van der Waals surface area contributed by atoms with Gasteiger partial charge in [-0.1, -0.05) is 18.7 Å². The predicted octanol–water partition coefficient (Wildman–Crippen LogP) is 5.00. The molecule has 0 fully saturated rings. The van der Waals surface area contributed by atoms with Crippen molar-refractivity contribution in [1.29, 1.82) is 0 Å². The van der Waals surface area contributed by atoms with Crippen LogP contribution in [0.3, 0.4) is 0 Å². The van der Waals surface area contributed by atoms with Crippen LogP contribution in [-0.4, -0.2) is 36.7 Å². The molecule has 0 spiro atoms. The molecule has 0 radical (unpaired) electrons. The zero-order chi connectivity index (χ0) is 24.5. The van der Waals surface area contributed by atoms with Crippen LogP contribution in [0.15, 0.2) is 67.5 Å². The van der Waals surface area contributed by atoms with Crippen LogP contribution in [0.4, 0.5) is 5.69 Å². The van der Waals surface area contributed by atoms with E-state index < -0.39 is 0 Å². The van der Waals surface area contributed by atoms with Gasteiger partial charge in [-0.25, -0.2) is 4.98 Å². The monoisotopic (exact) mass is 466 g/mol. The van der Waals surface area contributed by atoms with Crippen molar-refractivity contribution in [2.75, 3.05) is 11.9 Å². The SMILES string of the molecule is C=C(OCC)c1ccn2c(C(=O)Nc3cccc4c3c(C)nn4Cc3cccc(C)n3)cnc2c1. The number of hydrogen-bond donors (Lipinski definition) is 1. The molecule has 0 aliphatic heterocycles. The molecule has 0 saturated heterocycles. The summed E-state index contributed by atoms with van der Waals surface area (Å²) in [7, 11) is 0. The first kappa shape index (κ1) is 22.3. The summed E-state index contributed by atoms with van der Waals surface area (Å²) in [5.41, 5.74) is 6.26. The van der Waals surface area contributed by atoms with E-state index >= 15 is 0 Å². The molecule has 8 nitrogen and oxygen atoms in total. The maximum Gasteiger partial charge on any atom is 0.274 e. The number of aromatic nitrogens is 5. The van der Waals surface area contributed by atoms with Gasteiger partial charge in [0.1, 0.15) is 17.1 Å². The number of ether oxygens (including phenoxy) is 1. The summed E-state index contributed by atoms with van der Waals surface area (Å²) >= 11 is 0. The molecular weight excluding hydrogens is 440 g/mol. The fourth-order valence-electron chi connectivity index (χ4n) is 4.25. The average Bonchev–Trinajstić information content (AvgIpc) is 3.40. The smallest absolute Gasteiger partial charge is 0.274 e. The molecule has 0 saturated carbocycles. The molecule has 0 aliphatic carbocycles. The second kappa shape index (κ2) is 9.06. The number of fused-ring (bicyclic) bond motifs is 2. The van der Waals surface area contributed by atoms with Crippen LogP contribution in [0.1, 0.15) is 40.1 Å². The Morgan fingerprint density at radius 3 is 2.77 bits per heavy atom. The number of carbonyl (C=O) groups excluding carboxylic acids is 1. The van der Waals surface area contributed by atoms with E-state index in [2.05, 4.69) is 21.9 Å². The number of rotatable bonds is 7. The van der Waals surface area contributed by atoms with Crippen molar-refractivity contribution in [3.8, 4) is 0 Å². The number of nitrogens with one attached hydrogen (secondary N) is 1. The second-order valence-electron chi connectivity index (χ2n) is 8.31. The van der Waals surface area contributed by atoms with Crippen LogP contribution in [-0.2, 0) is 11.3 Å². The second-order valence-corrected chi connectivity index (χ2v) is 8.31. The zero-order valence-corrected chi connectivity index (χ0v) is 19.9. The van der Waals surface area contributed by atoms with Gasteiger partial charge in [-0.05, 0) is 57.2 Å². The number of amides is 1. The summed E-state index contributed by atoms with van der Waals surface area (Å²) < 4.78 is 9.15. The van der Waals surface area contributed by atoms with Crippen LogP contribution in [0.5, 0.6) is 0 Å². The first-order valence-corrected chi connectivity index (χ1v) is 11.4. The minimum absolute atomic E-state index is 0.256. The summed E-state index contributed by atoms with van der Waals surface area (Å²) in [6.07, 6.45) is 3.37. The van der Waals surface area contributed by atoms with E-state index in [4.69, 9.17) is 9.84 Å². The number of nitrogens with zero attached hydrogens (tertiary/aromatic N) is 5. The highest BCUT2D eigenvalue weighted by Gasteiger charge is 2.17. The largest absolute Gasteiger partial charge is 0.494 e. The van der Waals surface area contributed by atoms with Crippen molar-refractivity contribution in [2.45, 2.75) is 27.3 Å². The van der Waals surface area contributed by atoms with Crippen LogP contribution < -0.4 is 5.32 Å². The van der Waals surface area contributed by atoms with Gasteiger partial charge in [-0.2, -0.15) is 5.10 Å². The van der Waals surface area contributed by atoms with Crippen LogP contribution in [0, 0.1) is 13.8 Å². The number of carbonyl (C=O) groups is 1. The van der Waals surface area contributed by atoms with Gasteiger partial charge in [0.05, 0.1) is 41.9 Å². The van der Waals surface area contributed by atoms with Gasteiger partial charge >= 0.3 is 0 Å². The van der Waals surface area contributed by atoms with E-state index in [0.717, 1.165) is 33.5 Å². The van der Waals surface area contributed by atoms with Crippen molar-refractivity contribution < 1.29 is 9.53 Å². The molecule has 0 unspecified atom stereocenters. The Morgan fingerprint density at radius 2 is 1.97 bits per heavy atom. The fourth-order valence-corrected chi connectivity index (χ4v) is 4.25. The van der Waals surface area contributed by atoms with Crippen molar-refractivity contribution in [3.05, 3.63) is 95.8 Å². The van der Waals surface area contributed by atoms with Gasteiger partial charge in [0, 0.05) is 22.8 Å². The van der Waals surface area contributed by atoms with E-state index in [1.54, 1.807) is 16.8 Å². The number of benzene rings is 1. The van der Waals surface area contributed by atoms with E-state index in [-0.39, 0.29) is 5.91 Å². The minimum atomic E-state index is -0.256. The molecule has 1 amide bonds. The summed E-state index contributed by atoms with van der Waals surface area (Å²) in [4.78, 5) is 22.2. The van der Waals surface area contributed by atoms with Crippen LogP contribution >= 0.6 is 0 Å². The first-order valence-electron chi connectivity index (χ1n) is 11.4. The van der Waals surface area contributed by atoms with Crippen molar-refractivity contribution >= 4 is 33.9 Å². The standard InChI is InChI=1S/C27H26N6O2/c1-5-35-19(4)20-12-13-32-24(15-28-25(32)14-20)27(34)30-22-10-7-11-23-26(22)18(3)31-33(23)16-21-9-6-8-17(2)29-21/h6-15H,4-5,16H2,1-3H3,(H,30,34). The molecule has 8 heteroatoms. The van der Waals surface area contributed by atoms with Gasteiger partial charge in [0.25, 0.3) is 5.91 Å². The van der Waals surface area contributed by atoms with Crippen LogP contribution in [0.25, 0.3) is 22.3 Å². The van der Waals surface area contributed by atoms with Gasteiger partial charge in [0.2, 0.25) is 0 Å². The number of anilines is 1. The van der Waals surface area contributed by atoms with Gasteiger partial charge in [0.15, 0.2) is 0 Å². The lowest BCUT2D eigenvalue weighted by Crippen LogP contribution is -2.14. The third-order valence-electron chi connectivity index (χ3n) is 5.85. The lowest BCUT2D eigenvalue weighted by atomic mass is 10.1. The first-order chi connectivity index (χ1) is 16.9. The Morgan fingerprint density at radius 1 is 1.14 bits per heavy atom. The molecule has 0 bridgehead atoms. The fraction of sp³-hybridized carbons (Fsp3) is 0.185. The summed E-state index contributed by atoms with van der Waals surface area (Å²) in [5.74, 6) is 0.318. The van der Waals surface area contributed by atoms with Gasteiger partial charge in [-0.3, -0.25) is 18.9 Å². The zero-order valence-electron chi connectivity index (χ0n) is 19.9. The summed E-state index contributed by atoms with van der Waals surface area (Å²) in [6, 6.07) is 15.5. The molecule has 0 aliphatic rings. The third kappa shape index (κ3) is 4.26. The minimum Gasteiger partial charge on any atom is -0.494 e. The quantitative estimate of drug-likeness (QED) is 0.341. The molecule has 4 aromatic heterocycles. The van der Waals surface area contributed by atoms with Crippen LogP contribution in [0.2, 0.25) is 0 Å². The molecule has 0 atom stereocenters. The Labute approximate surface area is 202 Å². The molecule has 35 heavy (non-hydrogen) atoms. The van der Waals surface area contributed by atoms with E-state index in [0.29, 0.717) is 35.9 Å². The highest BCUT2D eigenvalue weighted by Crippen LogP contribution is 2.28. The van der Waals surface area contributed by atoms with E-state index in [1.807, 2.05) is 74.0 Å². The normalized spacial score (nSPS) is 11.2. The van der Waals surface area contributed by atoms with Gasteiger partial charge in [-0.15, -0.1) is 0 Å². The molecule has 176 valence electrons. The molecule has 1 N–H and O–H groups in total. The predicted molar refractivity (Wildman–Crippen MR) is 136 cm³/mol. The highest BCUT2D eigenvalue weighted by molar-refractivity contribution is 6.08. The highest BCUT2D eigenvalue weighted by atomic mass is 16.5. The number of pyridine rings is 2. The van der Waals surface area contributed by atoms with E-state index in [1.165, 1.54) is 0 Å². The molecular formula is C27H26N6O2. The lowest BCUT2D eigenvalue weighted by Gasteiger charge is -2.09. The van der Waals surface area contributed by atoms with Crippen molar-refractivity contribution in [3.63, 3.8) is 0 Å².